The number of aromatic nitrogens is 1. The lowest BCUT2D eigenvalue weighted by atomic mass is 10.2. The molecule has 0 fully saturated rings. The van der Waals surface area contributed by atoms with E-state index in [0.29, 0.717) is 37.4 Å². The van der Waals surface area contributed by atoms with Gasteiger partial charge >= 0.3 is 5.97 Å². The molecule has 0 unspecified atom stereocenters. The zero-order valence-corrected chi connectivity index (χ0v) is 10.6. The molecular weight excluding hydrogens is 236 g/mol. The van der Waals surface area contributed by atoms with E-state index in [2.05, 4.69) is 10.3 Å². The van der Waals surface area contributed by atoms with E-state index >= 15 is 0 Å². The smallest absolute Gasteiger partial charge is 0.339 e. The van der Waals surface area contributed by atoms with Gasteiger partial charge in [0.25, 0.3) is 0 Å². The zero-order valence-electron chi connectivity index (χ0n) is 10.6. The van der Waals surface area contributed by atoms with Crippen LogP contribution in [0.4, 0.5) is 5.69 Å². The molecule has 6 nitrogen and oxygen atoms in total. The lowest BCUT2D eigenvalue weighted by Gasteiger charge is -2.05. The van der Waals surface area contributed by atoms with Gasteiger partial charge in [-0.15, -0.1) is 0 Å². The van der Waals surface area contributed by atoms with E-state index in [1.807, 2.05) is 6.92 Å². The quantitative estimate of drug-likeness (QED) is 0.647. The molecule has 3 N–H and O–H groups in total. The molecule has 1 amide bonds. The maximum atomic E-state index is 11.6. The predicted molar refractivity (Wildman–Crippen MR) is 66.8 cm³/mol. The predicted octanol–water partition coefficient (Wildman–Crippen LogP) is 1.78. The number of aromatic carboxylic acids is 1. The van der Waals surface area contributed by atoms with Crippen LogP contribution in [-0.4, -0.2) is 35.2 Å². The first-order valence-corrected chi connectivity index (χ1v) is 5.85. The van der Waals surface area contributed by atoms with Crippen molar-refractivity contribution in [2.24, 2.45) is 0 Å². The highest BCUT2D eigenvalue weighted by molar-refractivity contribution is 6.01. The summed E-state index contributed by atoms with van der Waals surface area (Å²) in [6.07, 6.45) is 2.41. The van der Waals surface area contributed by atoms with Gasteiger partial charge in [0.05, 0.1) is 5.69 Å². The van der Waals surface area contributed by atoms with Crippen LogP contribution in [0.15, 0.2) is 6.20 Å². The number of aromatic amines is 1. The summed E-state index contributed by atoms with van der Waals surface area (Å²) < 4.78 is 5.12. The van der Waals surface area contributed by atoms with Crippen LogP contribution in [-0.2, 0) is 9.53 Å². The van der Waals surface area contributed by atoms with Gasteiger partial charge in [0.1, 0.15) is 5.56 Å². The standard InChI is InChI=1S/C12H18N2O4/c1-3-18-6-4-5-10(15)14-9-7-13-8(2)11(9)12(16)17/h7,13H,3-6H2,1-2H3,(H,14,15)(H,16,17). The summed E-state index contributed by atoms with van der Waals surface area (Å²) in [5.41, 5.74) is 0.932. The number of anilines is 1. The van der Waals surface area contributed by atoms with Crippen LogP contribution in [0.1, 0.15) is 35.8 Å². The first kappa shape index (κ1) is 14.2. The van der Waals surface area contributed by atoms with Gasteiger partial charge in [0, 0.05) is 31.5 Å². The summed E-state index contributed by atoms with van der Waals surface area (Å²) in [5, 5.41) is 11.6. The van der Waals surface area contributed by atoms with Crippen molar-refractivity contribution in [2.45, 2.75) is 26.7 Å². The molecule has 1 heterocycles. The SMILES string of the molecule is CCOCCCC(=O)Nc1c[nH]c(C)c1C(=O)O. The number of hydrogen-bond donors (Lipinski definition) is 3. The topological polar surface area (TPSA) is 91.4 Å². The molecule has 0 radical (unpaired) electrons. The Morgan fingerprint density at radius 3 is 2.83 bits per heavy atom. The second kappa shape index (κ2) is 6.80. The molecule has 0 saturated heterocycles. The fraction of sp³-hybridized carbons (Fsp3) is 0.500. The van der Waals surface area contributed by atoms with Gasteiger partial charge in [0.15, 0.2) is 0 Å². The number of aryl methyl sites for hydroxylation is 1. The van der Waals surface area contributed by atoms with E-state index in [1.165, 1.54) is 6.20 Å². The Bertz CT molecular complexity index is 426. The van der Waals surface area contributed by atoms with Crippen molar-refractivity contribution < 1.29 is 19.4 Å². The van der Waals surface area contributed by atoms with Gasteiger partial charge in [-0.2, -0.15) is 0 Å². The Kier molecular flexibility index (Phi) is 5.38. The number of carboxylic acid groups (broad SMARTS) is 1. The molecule has 18 heavy (non-hydrogen) atoms. The number of carboxylic acids is 1. The molecule has 0 saturated carbocycles. The Labute approximate surface area is 105 Å². The van der Waals surface area contributed by atoms with Gasteiger partial charge in [0.2, 0.25) is 5.91 Å². The van der Waals surface area contributed by atoms with E-state index in [9.17, 15) is 9.59 Å². The monoisotopic (exact) mass is 254 g/mol. The van der Waals surface area contributed by atoms with E-state index in [-0.39, 0.29) is 11.5 Å². The first-order chi connectivity index (χ1) is 8.56. The summed E-state index contributed by atoms with van der Waals surface area (Å²) in [5.74, 6) is -1.27. The number of amides is 1. The molecule has 100 valence electrons. The molecule has 6 heteroatoms. The maximum Gasteiger partial charge on any atom is 0.339 e. The summed E-state index contributed by atoms with van der Waals surface area (Å²) in [7, 11) is 0. The third-order valence-electron chi connectivity index (χ3n) is 2.46. The van der Waals surface area contributed by atoms with Crippen LogP contribution in [0.5, 0.6) is 0 Å². The average Bonchev–Trinajstić information content (AvgIpc) is 2.66. The highest BCUT2D eigenvalue weighted by atomic mass is 16.5. The molecule has 0 bridgehead atoms. The molecular formula is C12H18N2O4. The number of H-pyrrole nitrogens is 1. The summed E-state index contributed by atoms with van der Waals surface area (Å²) in [6, 6.07) is 0. The lowest BCUT2D eigenvalue weighted by molar-refractivity contribution is -0.116. The Morgan fingerprint density at radius 1 is 1.50 bits per heavy atom. The third kappa shape index (κ3) is 3.89. The van der Waals surface area contributed by atoms with Gasteiger partial charge < -0.3 is 20.1 Å². The number of carbonyl (C=O) groups excluding carboxylic acids is 1. The molecule has 0 aliphatic heterocycles. The van der Waals surface area contributed by atoms with Crippen LogP contribution < -0.4 is 5.32 Å². The van der Waals surface area contributed by atoms with E-state index in [0.717, 1.165) is 0 Å². The first-order valence-electron chi connectivity index (χ1n) is 5.85. The van der Waals surface area contributed by atoms with Crippen molar-refractivity contribution in [1.29, 1.82) is 0 Å². The zero-order chi connectivity index (χ0) is 13.5. The van der Waals surface area contributed by atoms with E-state index in [1.54, 1.807) is 6.92 Å². The number of rotatable bonds is 7. The van der Waals surface area contributed by atoms with Crippen LogP contribution in [0.2, 0.25) is 0 Å². The van der Waals surface area contributed by atoms with Crippen LogP contribution >= 0.6 is 0 Å². The minimum absolute atomic E-state index is 0.105. The van der Waals surface area contributed by atoms with Crippen LogP contribution in [0, 0.1) is 6.92 Å². The average molecular weight is 254 g/mol. The summed E-state index contributed by atoms with van der Waals surface area (Å²) in [6.45, 7) is 4.69. The van der Waals surface area contributed by atoms with Gasteiger partial charge in [-0.3, -0.25) is 4.79 Å². The second-order valence-electron chi connectivity index (χ2n) is 3.86. The number of carbonyl (C=O) groups is 2. The molecule has 0 aliphatic rings. The second-order valence-corrected chi connectivity index (χ2v) is 3.86. The van der Waals surface area contributed by atoms with Crippen molar-refractivity contribution in [3.8, 4) is 0 Å². The molecule has 1 rings (SSSR count). The lowest BCUT2D eigenvalue weighted by Crippen LogP contribution is -2.14. The molecule has 0 aliphatic carbocycles. The normalized spacial score (nSPS) is 10.3. The fourth-order valence-corrected chi connectivity index (χ4v) is 1.59. The van der Waals surface area contributed by atoms with Crippen molar-refractivity contribution >= 4 is 17.6 Å². The Morgan fingerprint density at radius 2 is 2.22 bits per heavy atom. The van der Waals surface area contributed by atoms with Gasteiger partial charge in [-0.1, -0.05) is 0 Å². The molecule has 1 aromatic rings. The van der Waals surface area contributed by atoms with Crippen molar-refractivity contribution in [2.75, 3.05) is 18.5 Å². The highest BCUT2D eigenvalue weighted by Crippen LogP contribution is 2.19. The minimum Gasteiger partial charge on any atom is -0.478 e. The van der Waals surface area contributed by atoms with E-state index in [4.69, 9.17) is 9.84 Å². The van der Waals surface area contributed by atoms with Crippen molar-refractivity contribution in [3.05, 3.63) is 17.5 Å². The largest absolute Gasteiger partial charge is 0.478 e. The minimum atomic E-state index is -1.06. The molecule has 0 aromatic carbocycles. The van der Waals surface area contributed by atoms with Crippen molar-refractivity contribution in [1.82, 2.24) is 4.98 Å². The number of hydrogen-bond acceptors (Lipinski definition) is 3. The van der Waals surface area contributed by atoms with Crippen LogP contribution in [0.25, 0.3) is 0 Å². The van der Waals surface area contributed by atoms with Gasteiger partial charge in [-0.25, -0.2) is 4.79 Å². The summed E-state index contributed by atoms with van der Waals surface area (Å²) >= 11 is 0. The highest BCUT2D eigenvalue weighted by Gasteiger charge is 2.16. The van der Waals surface area contributed by atoms with E-state index < -0.39 is 5.97 Å². The Hall–Kier alpha value is -1.82. The maximum absolute atomic E-state index is 11.6. The molecule has 0 spiro atoms. The third-order valence-corrected chi connectivity index (χ3v) is 2.46. The fourth-order valence-electron chi connectivity index (χ4n) is 1.59. The Balaban J connectivity index is 2.52. The number of nitrogens with one attached hydrogen (secondary N) is 2. The molecule has 1 aromatic heterocycles. The van der Waals surface area contributed by atoms with Crippen molar-refractivity contribution in [3.63, 3.8) is 0 Å². The van der Waals surface area contributed by atoms with Crippen LogP contribution in [0.3, 0.4) is 0 Å². The van der Waals surface area contributed by atoms with Gasteiger partial charge in [-0.05, 0) is 20.3 Å². The molecule has 0 atom stereocenters. The summed E-state index contributed by atoms with van der Waals surface area (Å²) in [4.78, 5) is 25.4. The number of ether oxygens (including phenoxy) is 1.